The fraction of sp³-hybridized carbons (Fsp3) is 0.400. The van der Waals surface area contributed by atoms with Crippen molar-refractivity contribution in [1.29, 1.82) is 0 Å². The lowest BCUT2D eigenvalue weighted by molar-refractivity contribution is -0.137. The molecule has 3 rings (SSSR count). The summed E-state index contributed by atoms with van der Waals surface area (Å²) in [5, 5.41) is 14.0. The molecule has 0 saturated heterocycles. The molecular weight excluding hydrogens is 408 g/mol. The number of carboxylic acids is 1. The number of alkyl carbamates (subject to hydrolysis) is 1. The Hall–Kier alpha value is -3.35. The van der Waals surface area contributed by atoms with E-state index in [1.807, 2.05) is 24.3 Å². The molecule has 2 amide bonds. The van der Waals surface area contributed by atoms with Gasteiger partial charge in [-0.25, -0.2) is 4.79 Å². The molecule has 0 radical (unpaired) electrons. The summed E-state index contributed by atoms with van der Waals surface area (Å²) in [6.45, 7) is 2.30. The predicted molar refractivity (Wildman–Crippen MR) is 121 cm³/mol. The van der Waals surface area contributed by atoms with Gasteiger partial charge in [-0.15, -0.1) is 0 Å². The average Bonchev–Trinajstić information content (AvgIpc) is 3.10. The van der Waals surface area contributed by atoms with Crippen molar-refractivity contribution in [3.8, 4) is 11.1 Å². The highest BCUT2D eigenvalue weighted by molar-refractivity contribution is 5.85. The van der Waals surface area contributed by atoms with Crippen molar-refractivity contribution in [2.45, 2.75) is 51.0 Å². The number of carbonyl (C=O) groups excluding carboxylic acids is 2. The Bertz CT molecular complexity index is 913. The maximum atomic E-state index is 12.3. The van der Waals surface area contributed by atoms with Crippen molar-refractivity contribution in [3.05, 3.63) is 59.7 Å². The van der Waals surface area contributed by atoms with Crippen LogP contribution in [-0.4, -0.2) is 42.3 Å². The van der Waals surface area contributed by atoms with Crippen LogP contribution in [0.1, 0.15) is 56.1 Å². The fourth-order valence-corrected chi connectivity index (χ4v) is 4.00. The monoisotopic (exact) mass is 438 g/mol. The third kappa shape index (κ3) is 6.09. The number of hydrogen-bond donors (Lipinski definition) is 3. The summed E-state index contributed by atoms with van der Waals surface area (Å²) in [6, 6.07) is 15.5. The summed E-state index contributed by atoms with van der Waals surface area (Å²) in [7, 11) is 0. The number of amides is 2. The van der Waals surface area contributed by atoms with Crippen LogP contribution in [0, 0.1) is 0 Å². The van der Waals surface area contributed by atoms with Gasteiger partial charge in [0.2, 0.25) is 5.91 Å². The number of aliphatic carboxylic acids is 1. The van der Waals surface area contributed by atoms with Crippen molar-refractivity contribution < 1.29 is 24.2 Å². The van der Waals surface area contributed by atoms with Crippen molar-refractivity contribution >= 4 is 18.0 Å². The van der Waals surface area contributed by atoms with Gasteiger partial charge in [0, 0.05) is 18.9 Å². The number of carbonyl (C=O) groups is 3. The van der Waals surface area contributed by atoms with Crippen LogP contribution in [0.5, 0.6) is 0 Å². The molecule has 1 aliphatic rings. The first-order valence-electron chi connectivity index (χ1n) is 11.1. The Balaban J connectivity index is 1.40. The zero-order valence-corrected chi connectivity index (χ0v) is 18.3. The third-order valence-corrected chi connectivity index (χ3v) is 5.69. The minimum absolute atomic E-state index is 0.0293. The highest BCUT2D eigenvalue weighted by atomic mass is 16.5. The van der Waals surface area contributed by atoms with Crippen molar-refractivity contribution in [2.24, 2.45) is 0 Å². The molecule has 0 aliphatic heterocycles. The molecule has 0 heterocycles. The summed E-state index contributed by atoms with van der Waals surface area (Å²) >= 11 is 0. The molecule has 7 heteroatoms. The van der Waals surface area contributed by atoms with E-state index in [2.05, 4.69) is 34.9 Å². The van der Waals surface area contributed by atoms with E-state index >= 15 is 0 Å². The molecule has 3 N–H and O–H groups in total. The van der Waals surface area contributed by atoms with E-state index in [4.69, 9.17) is 9.84 Å². The lowest BCUT2D eigenvalue weighted by Gasteiger charge is -2.17. The van der Waals surface area contributed by atoms with Gasteiger partial charge < -0.3 is 20.5 Å². The summed E-state index contributed by atoms with van der Waals surface area (Å²) in [4.78, 5) is 34.9. The minimum atomic E-state index is -0.786. The van der Waals surface area contributed by atoms with Gasteiger partial charge in [-0.1, -0.05) is 61.4 Å². The van der Waals surface area contributed by atoms with Crippen LogP contribution in [0.3, 0.4) is 0 Å². The van der Waals surface area contributed by atoms with Crippen LogP contribution in [0.2, 0.25) is 0 Å². The van der Waals surface area contributed by atoms with Crippen LogP contribution in [0.25, 0.3) is 11.1 Å². The van der Waals surface area contributed by atoms with E-state index in [0.717, 1.165) is 41.5 Å². The number of benzene rings is 2. The van der Waals surface area contributed by atoms with E-state index in [1.54, 1.807) is 6.92 Å². The smallest absolute Gasteiger partial charge is 0.407 e. The molecule has 2 aromatic carbocycles. The molecular formula is C25H30N2O5. The first-order valence-corrected chi connectivity index (χ1v) is 11.1. The lowest BCUT2D eigenvalue weighted by atomic mass is 9.98. The molecule has 32 heavy (non-hydrogen) atoms. The van der Waals surface area contributed by atoms with E-state index in [1.165, 1.54) is 0 Å². The summed E-state index contributed by atoms with van der Waals surface area (Å²) < 4.78 is 5.47. The summed E-state index contributed by atoms with van der Waals surface area (Å²) in [5.74, 6) is -1.09. The first kappa shape index (κ1) is 23.3. The number of carboxylic acid groups (broad SMARTS) is 1. The maximum Gasteiger partial charge on any atom is 0.407 e. The van der Waals surface area contributed by atoms with E-state index in [9.17, 15) is 14.4 Å². The molecule has 7 nitrogen and oxygen atoms in total. The van der Waals surface area contributed by atoms with Crippen molar-refractivity contribution in [2.75, 3.05) is 13.2 Å². The largest absolute Gasteiger partial charge is 0.481 e. The van der Waals surface area contributed by atoms with Gasteiger partial charge in [0.05, 0.1) is 0 Å². The second kappa shape index (κ2) is 11.3. The molecule has 1 aliphatic carbocycles. The normalized spacial score (nSPS) is 13.0. The van der Waals surface area contributed by atoms with Crippen LogP contribution < -0.4 is 10.6 Å². The molecule has 170 valence electrons. The fourth-order valence-electron chi connectivity index (χ4n) is 4.00. The van der Waals surface area contributed by atoms with Crippen molar-refractivity contribution in [3.63, 3.8) is 0 Å². The Morgan fingerprint density at radius 3 is 2.16 bits per heavy atom. The average molecular weight is 439 g/mol. The predicted octanol–water partition coefficient (Wildman–Crippen LogP) is 4.06. The van der Waals surface area contributed by atoms with Crippen molar-refractivity contribution in [1.82, 2.24) is 10.6 Å². The number of hydrogen-bond acceptors (Lipinski definition) is 4. The quantitative estimate of drug-likeness (QED) is 0.459. The van der Waals surface area contributed by atoms with Crippen LogP contribution >= 0.6 is 0 Å². The van der Waals surface area contributed by atoms with Gasteiger partial charge >= 0.3 is 12.1 Å². The van der Waals surface area contributed by atoms with Gasteiger partial charge in [-0.05, 0) is 42.0 Å². The molecule has 1 atom stereocenters. The molecule has 0 aromatic heterocycles. The molecule has 0 saturated carbocycles. The number of ether oxygens (including phenoxy) is 1. The van der Waals surface area contributed by atoms with Gasteiger partial charge in [-0.2, -0.15) is 0 Å². The Kier molecular flexibility index (Phi) is 8.25. The van der Waals surface area contributed by atoms with E-state index in [0.29, 0.717) is 13.0 Å². The number of rotatable bonds is 11. The molecule has 2 aromatic rings. The van der Waals surface area contributed by atoms with Crippen LogP contribution in [-0.2, 0) is 14.3 Å². The molecule has 0 spiro atoms. The standard InChI is InChI=1S/C25H30N2O5/c1-17(24(30)26-15-9-3-2-4-14-23(28)29)27-25(31)32-16-22-20-12-7-5-10-18(20)19-11-6-8-13-21(19)22/h5-8,10-13,17,22H,2-4,9,14-16H2,1H3,(H,26,30)(H,27,31)(H,28,29)/t17-/m1/s1. The first-order chi connectivity index (χ1) is 15.5. The van der Waals surface area contributed by atoms with Gasteiger partial charge in [0.15, 0.2) is 0 Å². The highest BCUT2D eigenvalue weighted by Gasteiger charge is 2.29. The van der Waals surface area contributed by atoms with Crippen LogP contribution in [0.15, 0.2) is 48.5 Å². The number of fused-ring (bicyclic) bond motifs is 3. The lowest BCUT2D eigenvalue weighted by Crippen LogP contribution is -2.45. The minimum Gasteiger partial charge on any atom is -0.481 e. The Morgan fingerprint density at radius 2 is 1.53 bits per heavy atom. The maximum absolute atomic E-state index is 12.3. The van der Waals surface area contributed by atoms with E-state index < -0.39 is 18.1 Å². The van der Waals surface area contributed by atoms with Gasteiger partial charge in [-0.3, -0.25) is 9.59 Å². The number of unbranched alkanes of at least 4 members (excludes halogenated alkanes) is 3. The van der Waals surface area contributed by atoms with E-state index in [-0.39, 0.29) is 24.9 Å². The van der Waals surface area contributed by atoms with Gasteiger partial charge in [0.1, 0.15) is 12.6 Å². The molecule has 0 bridgehead atoms. The summed E-state index contributed by atoms with van der Waals surface area (Å²) in [5.41, 5.74) is 4.59. The second-order valence-electron chi connectivity index (χ2n) is 8.04. The van der Waals surface area contributed by atoms with Gasteiger partial charge in [0.25, 0.3) is 0 Å². The summed E-state index contributed by atoms with van der Waals surface area (Å²) in [6.07, 6.45) is 2.62. The third-order valence-electron chi connectivity index (χ3n) is 5.69. The molecule has 0 fully saturated rings. The topological polar surface area (TPSA) is 105 Å². The Labute approximate surface area is 188 Å². The van der Waals surface area contributed by atoms with Crippen LogP contribution in [0.4, 0.5) is 4.79 Å². The Morgan fingerprint density at radius 1 is 0.938 bits per heavy atom. The zero-order valence-electron chi connectivity index (χ0n) is 18.3. The number of nitrogens with one attached hydrogen (secondary N) is 2. The zero-order chi connectivity index (χ0) is 22.9. The highest BCUT2D eigenvalue weighted by Crippen LogP contribution is 2.44. The second-order valence-corrected chi connectivity index (χ2v) is 8.04. The SMILES string of the molecule is C[C@@H](NC(=O)OCC1c2ccccc2-c2ccccc21)C(=O)NCCCCCCC(=O)O. The molecule has 0 unspecified atom stereocenters.